The van der Waals surface area contributed by atoms with Gasteiger partial charge in [0.05, 0.1) is 42.7 Å². The molecule has 0 saturated heterocycles. The maximum atomic E-state index is 14.0. The fourth-order valence-corrected chi connectivity index (χ4v) is 3.86. The third-order valence-electron chi connectivity index (χ3n) is 5.83. The van der Waals surface area contributed by atoms with Crippen molar-refractivity contribution in [3.8, 4) is 34.5 Å². The predicted octanol–water partition coefficient (Wildman–Crippen LogP) is 6.03. The number of hydrogen-bond acceptors (Lipinski definition) is 7. The molecule has 0 heterocycles. The van der Waals surface area contributed by atoms with Crippen LogP contribution in [0.1, 0.15) is 27.0 Å². The summed E-state index contributed by atoms with van der Waals surface area (Å²) in [5, 5.41) is 0. The normalized spacial score (nSPS) is 11.0. The standard InChI is InChI=1S/C30H31FO7/c1-33-25-13-12-22(16-23(25)31)24(32)9-7-8-20-17-26(34-2)27(35-3)18-21(20)11-10-19-14-28(36-4)30(38-6)29(15-19)37-5/h7,9-18H,8H2,1-6H3/b9-7-,11-10-. The highest BCUT2D eigenvalue weighted by atomic mass is 19.1. The van der Waals surface area contributed by atoms with Crippen molar-refractivity contribution in [1.29, 1.82) is 0 Å². The van der Waals surface area contributed by atoms with Crippen LogP contribution in [0.4, 0.5) is 4.39 Å². The van der Waals surface area contributed by atoms with E-state index >= 15 is 0 Å². The van der Waals surface area contributed by atoms with Crippen LogP contribution in [0.3, 0.4) is 0 Å². The fourth-order valence-electron chi connectivity index (χ4n) is 3.86. The van der Waals surface area contributed by atoms with Gasteiger partial charge in [-0.1, -0.05) is 18.2 Å². The smallest absolute Gasteiger partial charge is 0.203 e. The van der Waals surface area contributed by atoms with Crippen LogP contribution in [0.25, 0.3) is 12.2 Å². The van der Waals surface area contributed by atoms with Gasteiger partial charge < -0.3 is 28.4 Å². The molecule has 0 amide bonds. The molecule has 3 aromatic rings. The maximum absolute atomic E-state index is 14.0. The molecule has 0 aliphatic carbocycles. The van der Waals surface area contributed by atoms with Crippen molar-refractivity contribution in [3.63, 3.8) is 0 Å². The van der Waals surface area contributed by atoms with Gasteiger partial charge >= 0.3 is 0 Å². The monoisotopic (exact) mass is 522 g/mol. The summed E-state index contributed by atoms with van der Waals surface area (Å²) in [4.78, 5) is 12.6. The van der Waals surface area contributed by atoms with E-state index in [0.717, 1.165) is 22.8 Å². The van der Waals surface area contributed by atoms with Crippen LogP contribution in [-0.2, 0) is 6.42 Å². The average molecular weight is 523 g/mol. The Morgan fingerprint density at radius 2 is 1.32 bits per heavy atom. The Hall–Kier alpha value is -4.46. The zero-order valence-corrected chi connectivity index (χ0v) is 22.3. The largest absolute Gasteiger partial charge is 0.494 e. The molecule has 0 spiro atoms. The van der Waals surface area contributed by atoms with E-state index in [-0.39, 0.29) is 17.1 Å². The van der Waals surface area contributed by atoms with Gasteiger partial charge in [0.25, 0.3) is 0 Å². The number of ketones is 1. The second kappa shape index (κ2) is 13.2. The van der Waals surface area contributed by atoms with Crippen molar-refractivity contribution < 1.29 is 37.6 Å². The third-order valence-corrected chi connectivity index (χ3v) is 5.83. The van der Waals surface area contributed by atoms with Crippen molar-refractivity contribution in [2.24, 2.45) is 0 Å². The lowest BCUT2D eigenvalue weighted by molar-refractivity contribution is 0.104. The molecule has 38 heavy (non-hydrogen) atoms. The SMILES string of the molecule is COc1ccc(C(=O)/C=C\Cc2cc(OC)c(OC)cc2/C=C\c2cc(OC)c(OC)c(OC)c2)cc1F. The second-order valence-electron chi connectivity index (χ2n) is 8.02. The third kappa shape index (κ3) is 6.45. The first-order valence-electron chi connectivity index (χ1n) is 11.7. The molecule has 3 aromatic carbocycles. The first-order chi connectivity index (χ1) is 18.4. The molecule has 0 radical (unpaired) electrons. The van der Waals surface area contributed by atoms with Crippen molar-refractivity contribution in [3.05, 3.63) is 82.7 Å². The molecule has 0 unspecified atom stereocenters. The van der Waals surface area contributed by atoms with E-state index in [9.17, 15) is 9.18 Å². The van der Waals surface area contributed by atoms with E-state index in [4.69, 9.17) is 28.4 Å². The number of carbonyl (C=O) groups is 1. The topological polar surface area (TPSA) is 72.5 Å². The van der Waals surface area contributed by atoms with Crippen LogP contribution in [-0.4, -0.2) is 48.4 Å². The molecular formula is C30H31FO7. The molecule has 8 heteroatoms. The number of halogens is 1. The van der Waals surface area contributed by atoms with E-state index in [1.807, 2.05) is 36.4 Å². The number of rotatable bonds is 12. The highest BCUT2D eigenvalue weighted by Crippen LogP contribution is 2.39. The second-order valence-corrected chi connectivity index (χ2v) is 8.02. The van der Waals surface area contributed by atoms with E-state index in [1.165, 1.54) is 25.3 Å². The highest BCUT2D eigenvalue weighted by molar-refractivity contribution is 6.04. The summed E-state index contributed by atoms with van der Waals surface area (Å²) in [6.45, 7) is 0. The van der Waals surface area contributed by atoms with Gasteiger partial charge in [-0.05, 0) is 71.7 Å². The lowest BCUT2D eigenvalue weighted by Gasteiger charge is -2.14. The van der Waals surface area contributed by atoms with Gasteiger partial charge in [-0.2, -0.15) is 0 Å². The van der Waals surface area contributed by atoms with Crippen molar-refractivity contribution >= 4 is 17.9 Å². The van der Waals surface area contributed by atoms with Gasteiger partial charge in [-0.3, -0.25) is 4.79 Å². The first-order valence-corrected chi connectivity index (χ1v) is 11.7. The maximum Gasteiger partial charge on any atom is 0.203 e. The van der Waals surface area contributed by atoms with Crippen LogP contribution < -0.4 is 28.4 Å². The van der Waals surface area contributed by atoms with Gasteiger partial charge in [0.1, 0.15) is 0 Å². The minimum atomic E-state index is -0.592. The van der Waals surface area contributed by atoms with Crippen LogP contribution >= 0.6 is 0 Å². The van der Waals surface area contributed by atoms with Gasteiger partial charge in [0, 0.05) is 5.56 Å². The summed E-state index contributed by atoms with van der Waals surface area (Å²) < 4.78 is 46.2. The summed E-state index contributed by atoms with van der Waals surface area (Å²) in [7, 11) is 9.17. The summed E-state index contributed by atoms with van der Waals surface area (Å²) >= 11 is 0. The zero-order chi connectivity index (χ0) is 27.7. The lowest BCUT2D eigenvalue weighted by atomic mass is 10.0. The Morgan fingerprint density at radius 3 is 1.87 bits per heavy atom. The summed E-state index contributed by atoms with van der Waals surface area (Å²) in [5.41, 5.74) is 2.79. The minimum absolute atomic E-state index is 0.0828. The van der Waals surface area contributed by atoms with Crippen LogP contribution in [0.5, 0.6) is 34.5 Å². The van der Waals surface area contributed by atoms with Gasteiger partial charge in [-0.25, -0.2) is 4.39 Å². The number of allylic oxidation sites excluding steroid dienone is 2. The fraction of sp³-hybridized carbons (Fsp3) is 0.233. The average Bonchev–Trinajstić information content (AvgIpc) is 2.95. The predicted molar refractivity (Wildman–Crippen MR) is 145 cm³/mol. The molecule has 0 aliphatic heterocycles. The molecular weight excluding hydrogens is 491 g/mol. The van der Waals surface area contributed by atoms with Crippen LogP contribution in [0.15, 0.2) is 54.6 Å². The quantitative estimate of drug-likeness (QED) is 0.163. The van der Waals surface area contributed by atoms with Crippen molar-refractivity contribution in [2.75, 3.05) is 42.7 Å². The summed E-state index contributed by atoms with van der Waals surface area (Å²) in [6.07, 6.45) is 7.39. The summed E-state index contributed by atoms with van der Waals surface area (Å²) in [6, 6.07) is 11.5. The molecule has 0 N–H and O–H groups in total. The molecule has 0 saturated carbocycles. The first kappa shape index (κ1) is 28.1. The van der Waals surface area contributed by atoms with Crippen LogP contribution in [0.2, 0.25) is 0 Å². The number of ether oxygens (including phenoxy) is 6. The van der Waals surface area contributed by atoms with Gasteiger partial charge in [-0.15, -0.1) is 0 Å². The lowest BCUT2D eigenvalue weighted by Crippen LogP contribution is -1.98. The molecule has 3 rings (SSSR count). The Balaban J connectivity index is 1.92. The van der Waals surface area contributed by atoms with Gasteiger partial charge in [0.15, 0.2) is 40.3 Å². The zero-order valence-electron chi connectivity index (χ0n) is 22.3. The molecule has 0 aliphatic rings. The number of methoxy groups -OCH3 is 6. The van der Waals surface area contributed by atoms with Crippen LogP contribution in [0, 0.1) is 5.82 Å². The Labute approximate surface area is 222 Å². The molecule has 200 valence electrons. The van der Waals surface area contributed by atoms with E-state index < -0.39 is 5.82 Å². The van der Waals surface area contributed by atoms with Crippen molar-refractivity contribution in [1.82, 2.24) is 0 Å². The van der Waals surface area contributed by atoms with E-state index in [0.29, 0.717) is 35.2 Å². The molecule has 0 atom stereocenters. The van der Waals surface area contributed by atoms with E-state index in [2.05, 4.69) is 0 Å². The number of carbonyl (C=O) groups excluding carboxylic acids is 1. The Bertz CT molecular complexity index is 1320. The summed E-state index contributed by atoms with van der Waals surface area (Å²) in [5.74, 6) is 1.88. The van der Waals surface area contributed by atoms with Gasteiger partial charge in [0.2, 0.25) is 5.75 Å². The Kier molecular flexibility index (Phi) is 9.76. The molecule has 0 aromatic heterocycles. The molecule has 0 fully saturated rings. The number of benzene rings is 3. The van der Waals surface area contributed by atoms with E-state index in [1.54, 1.807) is 41.6 Å². The minimum Gasteiger partial charge on any atom is -0.494 e. The van der Waals surface area contributed by atoms with Crippen molar-refractivity contribution in [2.45, 2.75) is 6.42 Å². The number of hydrogen-bond donors (Lipinski definition) is 0. The molecule has 0 bridgehead atoms. The molecule has 7 nitrogen and oxygen atoms in total. The highest BCUT2D eigenvalue weighted by Gasteiger charge is 2.13. The Morgan fingerprint density at radius 1 is 0.711 bits per heavy atom.